The van der Waals surface area contributed by atoms with Gasteiger partial charge in [-0.25, -0.2) is 0 Å². The van der Waals surface area contributed by atoms with E-state index in [0.717, 1.165) is 0 Å². The number of Topliss-reactive ketones (excluding diaryl/α,β-unsaturated/α-hetero) is 1. The van der Waals surface area contributed by atoms with Gasteiger partial charge < -0.3 is 4.74 Å². The molecule has 0 amide bonds. The maximum Gasteiger partial charge on any atom is 0.169 e. The van der Waals surface area contributed by atoms with Crippen molar-refractivity contribution in [1.82, 2.24) is 0 Å². The summed E-state index contributed by atoms with van der Waals surface area (Å²) in [5, 5.41) is 0.637. The van der Waals surface area contributed by atoms with E-state index in [-0.39, 0.29) is 23.7 Å². The van der Waals surface area contributed by atoms with Crippen LogP contribution in [0.3, 0.4) is 0 Å². The van der Waals surface area contributed by atoms with Gasteiger partial charge in [-0.1, -0.05) is 17.7 Å². The molecule has 90 valence electrons. The van der Waals surface area contributed by atoms with Gasteiger partial charge in [-0.05, 0) is 31.2 Å². The van der Waals surface area contributed by atoms with Crippen molar-refractivity contribution >= 4 is 17.4 Å². The summed E-state index contributed by atoms with van der Waals surface area (Å²) < 4.78 is 5.52. The zero-order valence-electron chi connectivity index (χ0n) is 9.73. The van der Waals surface area contributed by atoms with Gasteiger partial charge in [-0.2, -0.15) is 0 Å². The fourth-order valence-electron chi connectivity index (χ4n) is 2.25. The molecule has 0 unspecified atom stereocenters. The van der Waals surface area contributed by atoms with Gasteiger partial charge >= 0.3 is 0 Å². The van der Waals surface area contributed by atoms with Crippen LogP contribution in [-0.2, 0) is 4.74 Å². The van der Waals surface area contributed by atoms with Gasteiger partial charge in [0.05, 0.1) is 18.6 Å². The van der Waals surface area contributed by atoms with Gasteiger partial charge in [0, 0.05) is 16.5 Å². The monoisotopic (exact) mass is 250 g/mol. The van der Waals surface area contributed by atoms with E-state index >= 15 is 0 Å². The van der Waals surface area contributed by atoms with E-state index in [1.165, 1.54) is 0 Å². The van der Waals surface area contributed by atoms with Crippen LogP contribution >= 0.6 is 11.6 Å². The summed E-state index contributed by atoms with van der Waals surface area (Å²) in [6.07, 6.45) is 1.75. The van der Waals surface area contributed by atoms with Crippen LogP contribution in [0.5, 0.6) is 0 Å². The van der Waals surface area contributed by atoms with Crippen molar-refractivity contribution in [1.29, 1.82) is 0 Å². The molecule has 0 aliphatic carbocycles. The maximum atomic E-state index is 12.4. The number of ether oxygens (including phenoxy) is 1. The first-order valence-electron chi connectivity index (χ1n) is 5.67. The number of hydrogen-bond donors (Lipinski definition) is 0. The zero-order valence-corrected chi connectivity index (χ0v) is 10.5. The highest BCUT2D eigenvalue weighted by molar-refractivity contribution is 6.30. The van der Waals surface area contributed by atoms with Crippen LogP contribution in [-0.4, -0.2) is 18.5 Å². The molecule has 17 heavy (non-hydrogen) atoms. The van der Waals surface area contributed by atoms with Gasteiger partial charge in [0.1, 0.15) is 0 Å². The first-order chi connectivity index (χ1) is 8.13. The van der Waals surface area contributed by atoms with Crippen molar-refractivity contribution in [3.05, 3.63) is 47.5 Å². The number of hydrogen-bond acceptors (Lipinski definition) is 2. The Morgan fingerprint density at radius 2 is 2.12 bits per heavy atom. The van der Waals surface area contributed by atoms with Gasteiger partial charge in [0.25, 0.3) is 0 Å². The molecule has 1 aliphatic heterocycles. The number of carbonyl (C=O) groups excluding carboxylic acids is 1. The Kier molecular flexibility index (Phi) is 3.65. The predicted molar refractivity (Wildman–Crippen MR) is 68.4 cm³/mol. The van der Waals surface area contributed by atoms with Crippen molar-refractivity contribution in [2.75, 3.05) is 6.61 Å². The third kappa shape index (κ3) is 2.43. The second kappa shape index (κ2) is 5.03. The van der Waals surface area contributed by atoms with E-state index in [1.807, 2.05) is 13.0 Å². The molecule has 3 heteroatoms. The largest absolute Gasteiger partial charge is 0.377 e. The van der Waals surface area contributed by atoms with Crippen molar-refractivity contribution in [3.8, 4) is 0 Å². The van der Waals surface area contributed by atoms with E-state index in [4.69, 9.17) is 16.3 Å². The molecule has 1 heterocycles. The van der Waals surface area contributed by atoms with Gasteiger partial charge in [-0.15, -0.1) is 6.58 Å². The lowest BCUT2D eigenvalue weighted by Gasteiger charge is -2.16. The summed E-state index contributed by atoms with van der Waals surface area (Å²) in [6.45, 7) is 6.27. The fraction of sp³-hybridized carbons (Fsp3) is 0.357. The van der Waals surface area contributed by atoms with Crippen LogP contribution in [0.1, 0.15) is 17.3 Å². The van der Waals surface area contributed by atoms with Crippen LogP contribution < -0.4 is 0 Å². The van der Waals surface area contributed by atoms with Crippen LogP contribution in [0.15, 0.2) is 36.9 Å². The van der Waals surface area contributed by atoms with Gasteiger partial charge in [0.15, 0.2) is 5.78 Å². The standard InChI is InChI=1S/C14H15ClO2/c1-3-10-8-17-9(2)13(10)14(16)11-4-6-12(15)7-5-11/h3-7,9-10,13H,1,8H2,2H3/t9-,10+,13-/m1/s1. The fourth-order valence-corrected chi connectivity index (χ4v) is 2.37. The Morgan fingerprint density at radius 3 is 2.71 bits per heavy atom. The first kappa shape index (κ1) is 12.3. The Labute approximate surface area is 106 Å². The molecule has 1 fully saturated rings. The number of rotatable bonds is 3. The molecular weight excluding hydrogens is 236 g/mol. The lowest BCUT2D eigenvalue weighted by Crippen LogP contribution is -2.26. The van der Waals surface area contributed by atoms with E-state index in [2.05, 4.69) is 6.58 Å². The number of ketones is 1. The molecule has 1 saturated heterocycles. The summed E-state index contributed by atoms with van der Waals surface area (Å²) in [4.78, 5) is 12.4. The highest BCUT2D eigenvalue weighted by Crippen LogP contribution is 2.31. The second-order valence-corrected chi connectivity index (χ2v) is 4.77. The normalized spacial score (nSPS) is 28.0. The average Bonchev–Trinajstić information content (AvgIpc) is 2.70. The van der Waals surface area contributed by atoms with Crippen LogP contribution in [0.4, 0.5) is 0 Å². The zero-order chi connectivity index (χ0) is 12.4. The van der Waals surface area contributed by atoms with Crippen molar-refractivity contribution in [3.63, 3.8) is 0 Å². The molecule has 1 aliphatic rings. The number of halogens is 1. The minimum Gasteiger partial charge on any atom is -0.377 e. The second-order valence-electron chi connectivity index (χ2n) is 4.33. The molecule has 0 saturated carbocycles. The minimum absolute atomic E-state index is 0.0545. The lowest BCUT2D eigenvalue weighted by molar-refractivity contribution is 0.0762. The van der Waals surface area contributed by atoms with E-state index < -0.39 is 0 Å². The molecule has 0 bridgehead atoms. The molecule has 0 radical (unpaired) electrons. The summed E-state index contributed by atoms with van der Waals surface area (Å²) in [6, 6.07) is 6.99. The molecule has 1 aromatic rings. The summed E-state index contributed by atoms with van der Waals surface area (Å²) in [5.74, 6) is 0.0819. The highest BCUT2D eigenvalue weighted by atomic mass is 35.5. The Balaban J connectivity index is 2.24. The predicted octanol–water partition coefficient (Wildman–Crippen LogP) is 3.36. The highest BCUT2D eigenvalue weighted by Gasteiger charge is 2.38. The summed E-state index contributed by atoms with van der Waals surface area (Å²) >= 11 is 5.81. The van der Waals surface area contributed by atoms with Crippen LogP contribution in [0.2, 0.25) is 5.02 Å². The van der Waals surface area contributed by atoms with Gasteiger partial charge in [0.2, 0.25) is 0 Å². The van der Waals surface area contributed by atoms with Crippen molar-refractivity contribution in [2.24, 2.45) is 11.8 Å². The molecule has 2 nitrogen and oxygen atoms in total. The molecule has 0 spiro atoms. The molecule has 1 aromatic carbocycles. The van der Waals surface area contributed by atoms with Crippen molar-refractivity contribution in [2.45, 2.75) is 13.0 Å². The third-order valence-corrected chi connectivity index (χ3v) is 3.50. The molecule has 0 aromatic heterocycles. The summed E-state index contributed by atoms with van der Waals surface area (Å²) in [7, 11) is 0. The number of benzene rings is 1. The third-order valence-electron chi connectivity index (χ3n) is 3.25. The molecule has 3 atom stereocenters. The maximum absolute atomic E-state index is 12.4. The van der Waals surface area contributed by atoms with Crippen molar-refractivity contribution < 1.29 is 9.53 Å². The molecule has 0 N–H and O–H groups in total. The van der Waals surface area contributed by atoms with E-state index in [0.29, 0.717) is 17.2 Å². The van der Waals surface area contributed by atoms with Crippen LogP contribution in [0.25, 0.3) is 0 Å². The van der Waals surface area contributed by atoms with Crippen LogP contribution in [0, 0.1) is 11.8 Å². The van der Waals surface area contributed by atoms with E-state index in [9.17, 15) is 4.79 Å². The quantitative estimate of drug-likeness (QED) is 0.607. The molecule has 2 rings (SSSR count). The van der Waals surface area contributed by atoms with E-state index in [1.54, 1.807) is 24.3 Å². The molecular formula is C14H15ClO2. The minimum atomic E-state index is -0.131. The topological polar surface area (TPSA) is 26.3 Å². The Morgan fingerprint density at radius 1 is 1.47 bits per heavy atom. The first-order valence-corrected chi connectivity index (χ1v) is 6.05. The lowest BCUT2D eigenvalue weighted by atomic mass is 9.85. The smallest absolute Gasteiger partial charge is 0.169 e. The average molecular weight is 251 g/mol. The number of carbonyl (C=O) groups is 1. The van der Waals surface area contributed by atoms with Gasteiger partial charge in [-0.3, -0.25) is 4.79 Å². The summed E-state index contributed by atoms with van der Waals surface area (Å²) in [5.41, 5.74) is 0.684. The SMILES string of the molecule is C=C[C@H]1CO[C@H](C)[C@H]1C(=O)c1ccc(Cl)cc1. The Hall–Kier alpha value is -1.12. The Bertz CT molecular complexity index is 424.